The van der Waals surface area contributed by atoms with Crippen molar-refractivity contribution >= 4 is 50.0 Å². The molecule has 2 rings (SSSR count). The van der Waals surface area contributed by atoms with Crippen molar-refractivity contribution in [1.82, 2.24) is 0 Å². The first-order chi connectivity index (χ1) is 8.65. The molecule has 0 fully saturated rings. The third kappa shape index (κ3) is 3.73. The van der Waals surface area contributed by atoms with Crippen LogP contribution < -0.4 is 5.43 Å². The summed E-state index contributed by atoms with van der Waals surface area (Å²) in [6, 6.07) is 14.9. The van der Waals surface area contributed by atoms with Gasteiger partial charge in [0.25, 0.3) is 0 Å². The Hall–Kier alpha value is -1.03. The summed E-state index contributed by atoms with van der Waals surface area (Å²) >= 11 is 15.3. The van der Waals surface area contributed by atoms with Crippen LogP contribution in [-0.2, 0) is 0 Å². The molecule has 2 aromatic carbocycles. The highest BCUT2D eigenvalue weighted by molar-refractivity contribution is 9.10. The predicted octanol–water partition coefficient (Wildman–Crippen LogP) is 5.12. The Bertz CT molecular complexity index is 567. The van der Waals surface area contributed by atoms with Crippen LogP contribution in [0.15, 0.2) is 58.1 Å². The van der Waals surface area contributed by atoms with E-state index in [2.05, 4.69) is 26.5 Å². The molecule has 0 aliphatic carbocycles. The van der Waals surface area contributed by atoms with E-state index in [1.807, 2.05) is 36.4 Å². The first-order valence-corrected chi connectivity index (χ1v) is 6.71. The minimum Gasteiger partial charge on any atom is -0.277 e. The molecule has 2 aromatic rings. The van der Waals surface area contributed by atoms with Gasteiger partial charge in [0.2, 0.25) is 0 Å². The average molecular weight is 344 g/mol. The number of hydrogen-bond donors (Lipinski definition) is 1. The normalized spacial score (nSPS) is 11.4. The van der Waals surface area contributed by atoms with Crippen LogP contribution in [0.2, 0.25) is 5.02 Å². The van der Waals surface area contributed by atoms with Crippen LogP contribution in [0.1, 0.15) is 5.56 Å². The van der Waals surface area contributed by atoms with Crippen LogP contribution >= 0.6 is 39.1 Å². The summed E-state index contributed by atoms with van der Waals surface area (Å²) in [5.74, 6) is 0. The van der Waals surface area contributed by atoms with Crippen LogP contribution in [-0.4, -0.2) is 5.17 Å². The molecule has 5 heteroatoms. The smallest absolute Gasteiger partial charge is 0.156 e. The van der Waals surface area contributed by atoms with E-state index in [0.29, 0.717) is 10.2 Å². The van der Waals surface area contributed by atoms with E-state index in [1.54, 1.807) is 12.1 Å². The molecule has 0 atom stereocenters. The molecule has 0 unspecified atom stereocenters. The van der Waals surface area contributed by atoms with Gasteiger partial charge in [-0.1, -0.05) is 57.3 Å². The van der Waals surface area contributed by atoms with Gasteiger partial charge < -0.3 is 0 Å². The molecule has 0 aromatic heterocycles. The second-order valence-electron chi connectivity index (χ2n) is 3.53. The highest BCUT2D eigenvalue weighted by Gasteiger charge is 1.99. The number of rotatable bonds is 3. The molecule has 18 heavy (non-hydrogen) atoms. The van der Waals surface area contributed by atoms with Crippen molar-refractivity contribution in [2.24, 2.45) is 5.10 Å². The lowest BCUT2D eigenvalue weighted by Crippen LogP contribution is -1.96. The van der Waals surface area contributed by atoms with Crippen molar-refractivity contribution in [2.45, 2.75) is 0 Å². The zero-order chi connectivity index (χ0) is 13.0. The standard InChI is InChI=1S/C13H9BrCl2N2/c14-10-6-4-9(5-7-10)13(16)18-17-12-3-1-2-11(15)8-12/h1-8,17H/b18-13-. The maximum absolute atomic E-state index is 6.09. The minimum absolute atomic E-state index is 0.391. The molecule has 0 heterocycles. The highest BCUT2D eigenvalue weighted by Crippen LogP contribution is 2.16. The molecule has 0 radical (unpaired) electrons. The van der Waals surface area contributed by atoms with E-state index >= 15 is 0 Å². The summed E-state index contributed by atoms with van der Waals surface area (Å²) in [7, 11) is 0. The van der Waals surface area contributed by atoms with Gasteiger partial charge in [0.1, 0.15) is 0 Å². The molecule has 0 aliphatic rings. The van der Waals surface area contributed by atoms with Crippen LogP contribution in [0.4, 0.5) is 5.69 Å². The number of nitrogens with one attached hydrogen (secondary N) is 1. The molecule has 0 aliphatic heterocycles. The van der Waals surface area contributed by atoms with E-state index in [-0.39, 0.29) is 0 Å². The van der Waals surface area contributed by atoms with Gasteiger partial charge in [-0.25, -0.2) is 0 Å². The van der Waals surface area contributed by atoms with Crippen LogP contribution in [0.3, 0.4) is 0 Å². The average Bonchev–Trinajstić information content (AvgIpc) is 2.37. The molecule has 2 nitrogen and oxygen atoms in total. The van der Waals surface area contributed by atoms with Crippen molar-refractivity contribution in [3.05, 3.63) is 63.6 Å². The van der Waals surface area contributed by atoms with E-state index in [9.17, 15) is 0 Å². The highest BCUT2D eigenvalue weighted by atomic mass is 79.9. The third-order valence-electron chi connectivity index (χ3n) is 2.19. The fourth-order valence-electron chi connectivity index (χ4n) is 1.32. The molecule has 1 N–H and O–H groups in total. The molecule has 0 saturated heterocycles. The first kappa shape index (κ1) is 13.4. The Morgan fingerprint density at radius 1 is 1.11 bits per heavy atom. The largest absolute Gasteiger partial charge is 0.277 e. The summed E-state index contributed by atoms with van der Waals surface area (Å²) in [4.78, 5) is 0. The quantitative estimate of drug-likeness (QED) is 0.607. The van der Waals surface area contributed by atoms with Crippen LogP contribution in [0.5, 0.6) is 0 Å². The number of benzene rings is 2. The number of anilines is 1. The van der Waals surface area contributed by atoms with Gasteiger partial charge in [0.05, 0.1) is 5.69 Å². The zero-order valence-corrected chi connectivity index (χ0v) is 12.3. The Morgan fingerprint density at radius 3 is 2.50 bits per heavy atom. The van der Waals surface area contributed by atoms with Gasteiger partial charge in [-0.05, 0) is 30.3 Å². The second kappa shape index (κ2) is 6.23. The van der Waals surface area contributed by atoms with Crippen molar-refractivity contribution < 1.29 is 0 Å². The summed E-state index contributed by atoms with van der Waals surface area (Å²) in [6.45, 7) is 0. The van der Waals surface area contributed by atoms with Gasteiger partial charge in [-0.15, -0.1) is 0 Å². The minimum atomic E-state index is 0.391. The fourth-order valence-corrected chi connectivity index (χ4v) is 1.95. The first-order valence-electron chi connectivity index (χ1n) is 5.16. The maximum Gasteiger partial charge on any atom is 0.156 e. The fraction of sp³-hybridized carbons (Fsp3) is 0. The maximum atomic E-state index is 6.09. The number of halogens is 3. The van der Waals surface area contributed by atoms with E-state index in [4.69, 9.17) is 23.2 Å². The molecule has 0 bridgehead atoms. The van der Waals surface area contributed by atoms with E-state index in [0.717, 1.165) is 15.7 Å². The molecular weight excluding hydrogens is 335 g/mol. The Morgan fingerprint density at radius 2 is 1.83 bits per heavy atom. The molecular formula is C13H9BrCl2N2. The van der Waals surface area contributed by atoms with Gasteiger partial charge in [0.15, 0.2) is 5.17 Å². The number of nitrogens with zero attached hydrogens (tertiary/aromatic N) is 1. The lowest BCUT2D eigenvalue weighted by Gasteiger charge is -2.02. The summed E-state index contributed by atoms with van der Waals surface area (Å²) in [5, 5.41) is 5.13. The van der Waals surface area contributed by atoms with Gasteiger partial charge in [-0.2, -0.15) is 5.10 Å². The van der Waals surface area contributed by atoms with Crippen molar-refractivity contribution in [3.8, 4) is 0 Å². The van der Waals surface area contributed by atoms with E-state index < -0.39 is 0 Å². The monoisotopic (exact) mass is 342 g/mol. The Balaban J connectivity index is 2.11. The molecule has 0 amide bonds. The Labute approximate surface area is 124 Å². The molecule has 92 valence electrons. The van der Waals surface area contributed by atoms with Crippen molar-refractivity contribution in [2.75, 3.05) is 5.43 Å². The SMILES string of the molecule is Cl/C(=N\Nc1cccc(Cl)c1)c1ccc(Br)cc1. The van der Waals surface area contributed by atoms with Crippen LogP contribution in [0.25, 0.3) is 0 Å². The summed E-state index contributed by atoms with van der Waals surface area (Å²) < 4.78 is 0.999. The molecule has 0 saturated carbocycles. The topological polar surface area (TPSA) is 24.4 Å². The zero-order valence-electron chi connectivity index (χ0n) is 9.20. The molecule has 0 spiro atoms. The lowest BCUT2D eigenvalue weighted by atomic mass is 10.2. The third-order valence-corrected chi connectivity index (χ3v) is 3.26. The predicted molar refractivity (Wildman–Crippen MR) is 81.6 cm³/mol. The van der Waals surface area contributed by atoms with Crippen molar-refractivity contribution in [1.29, 1.82) is 0 Å². The summed E-state index contributed by atoms with van der Waals surface area (Å²) in [5.41, 5.74) is 4.49. The van der Waals surface area contributed by atoms with Gasteiger partial charge in [-0.3, -0.25) is 5.43 Å². The number of hydrazone groups is 1. The Kier molecular flexibility index (Phi) is 4.64. The lowest BCUT2D eigenvalue weighted by molar-refractivity contribution is 1.34. The van der Waals surface area contributed by atoms with Gasteiger partial charge in [0, 0.05) is 15.1 Å². The number of hydrogen-bond acceptors (Lipinski definition) is 2. The van der Waals surface area contributed by atoms with E-state index in [1.165, 1.54) is 0 Å². The summed E-state index contributed by atoms with van der Waals surface area (Å²) in [6.07, 6.45) is 0. The second-order valence-corrected chi connectivity index (χ2v) is 5.24. The van der Waals surface area contributed by atoms with Gasteiger partial charge >= 0.3 is 0 Å². The van der Waals surface area contributed by atoms with Crippen molar-refractivity contribution in [3.63, 3.8) is 0 Å². The van der Waals surface area contributed by atoms with Crippen LogP contribution in [0, 0.1) is 0 Å².